The van der Waals surface area contributed by atoms with Gasteiger partial charge in [-0.2, -0.15) is 0 Å². The van der Waals surface area contributed by atoms with E-state index in [1.54, 1.807) is 6.92 Å². The molecular formula is C6H11ClN4O2. The van der Waals surface area contributed by atoms with Crippen LogP contribution in [0.1, 0.15) is 6.92 Å². The summed E-state index contributed by atoms with van der Waals surface area (Å²) in [7, 11) is 0. The maximum Gasteiger partial charge on any atom is 0.330 e. The SMILES string of the molecule is CCn1c(N)c(N)c(=O)[nH]c1=O.Cl. The van der Waals surface area contributed by atoms with E-state index in [9.17, 15) is 9.59 Å². The molecule has 74 valence electrons. The van der Waals surface area contributed by atoms with Crippen LogP contribution in [0, 0.1) is 0 Å². The van der Waals surface area contributed by atoms with Crippen molar-refractivity contribution in [3.63, 3.8) is 0 Å². The summed E-state index contributed by atoms with van der Waals surface area (Å²) in [5, 5.41) is 0. The van der Waals surface area contributed by atoms with Gasteiger partial charge < -0.3 is 11.5 Å². The molecule has 0 radical (unpaired) electrons. The molecule has 13 heavy (non-hydrogen) atoms. The minimum Gasteiger partial charge on any atom is -0.391 e. The van der Waals surface area contributed by atoms with Gasteiger partial charge in [-0.05, 0) is 6.92 Å². The molecule has 0 bridgehead atoms. The predicted octanol–water partition coefficient (Wildman–Crippen LogP) is -0.857. The first-order valence-electron chi connectivity index (χ1n) is 3.46. The van der Waals surface area contributed by atoms with Crippen LogP contribution in [0.4, 0.5) is 11.5 Å². The van der Waals surface area contributed by atoms with E-state index in [-0.39, 0.29) is 23.9 Å². The van der Waals surface area contributed by atoms with Crippen molar-refractivity contribution >= 4 is 23.9 Å². The van der Waals surface area contributed by atoms with Crippen molar-refractivity contribution in [3.8, 4) is 0 Å². The normalized spacial score (nSPS) is 9.31. The lowest BCUT2D eigenvalue weighted by Gasteiger charge is -2.06. The summed E-state index contributed by atoms with van der Waals surface area (Å²) in [6.07, 6.45) is 0. The molecule has 0 unspecified atom stereocenters. The zero-order valence-corrected chi connectivity index (χ0v) is 7.85. The zero-order chi connectivity index (χ0) is 9.30. The average Bonchev–Trinajstić information content (AvgIpc) is 2.01. The van der Waals surface area contributed by atoms with Crippen LogP contribution in [0.3, 0.4) is 0 Å². The first-order chi connectivity index (χ1) is 5.57. The molecule has 5 N–H and O–H groups in total. The summed E-state index contributed by atoms with van der Waals surface area (Å²) in [6, 6.07) is 0. The Kier molecular flexibility index (Phi) is 3.55. The monoisotopic (exact) mass is 206 g/mol. The van der Waals surface area contributed by atoms with Gasteiger partial charge in [0.15, 0.2) is 0 Å². The second-order valence-corrected chi connectivity index (χ2v) is 2.30. The number of halogens is 1. The molecule has 0 aromatic carbocycles. The third-order valence-corrected chi connectivity index (χ3v) is 1.59. The maximum atomic E-state index is 11.0. The Morgan fingerprint density at radius 2 is 1.92 bits per heavy atom. The highest BCUT2D eigenvalue weighted by Gasteiger charge is 2.06. The number of nitrogen functional groups attached to an aromatic ring is 2. The Labute approximate surface area is 80.0 Å². The molecule has 0 aliphatic rings. The molecule has 0 aliphatic carbocycles. The van der Waals surface area contributed by atoms with Crippen LogP contribution in [0.15, 0.2) is 9.59 Å². The third-order valence-electron chi connectivity index (χ3n) is 1.59. The van der Waals surface area contributed by atoms with Crippen LogP contribution >= 0.6 is 12.4 Å². The molecule has 1 aromatic rings. The first kappa shape index (κ1) is 11.6. The van der Waals surface area contributed by atoms with Crippen LogP contribution in [0.5, 0.6) is 0 Å². The van der Waals surface area contributed by atoms with Crippen LogP contribution in [0.2, 0.25) is 0 Å². The molecule has 6 nitrogen and oxygen atoms in total. The van der Waals surface area contributed by atoms with Crippen LogP contribution in [0.25, 0.3) is 0 Å². The van der Waals surface area contributed by atoms with Gasteiger partial charge in [0.25, 0.3) is 5.56 Å². The van der Waals surface area contributed by atoms with E-state index in [1.807, 2.05) is 4.98 Å². The number of anilines is 2. The number of nitrogens with two attached hydrogens (primary N) is 2. The van der Waals surface area contributed by atoms with E-state index in [0.717, 1.165) is 0 Å². The Balaban J connectivity index is 0.00000144. The van der Waals surface area contributed by atoms with E-state index in [1.165, 1.54) is 4.57 Å². The van der Waals surface area contributed by atoms with E-state index < -0.39 is 11.2 Å². The van der Waals surface area contributed by atoms with Crippen molar-refractivity contribution in [2.45, 2.75) is 13.5 Å². The van der Waals surface area contributed by atoms with Crippen molar-refractivity contribution in [2.75, 3.05) is 11.5 Å². The average molecular weight is 207 g/mol. The van der Waals surface area contributed by atoms with Crippen molar-refractivity contribution < 1.29 is 0 Å². The predicted molar refractivity (Wildman–Crippen MR) is 53.1 cm³/mol. The van der Waals surface area contributed by atoms with Gasteiger partial charge in [-0.25, -0.2) is 4.79 Å². The Morgan fingerprint density at radius 1 is 1.38 bits per heavy atom. The Bertz CT molecular complexity index is 408. The molecule has 0 saturated carbocycles. The summed E-state index contributed by atoms with van der Waals surface area (Å²) >= 11 is 0. The van der Waals surface area contributed by atoms with Crippen molar-refractivity contribution in [2.24, 2.45) is 0 Å². The molecule has 0 aliphatic heterocycles. The standard InChI is InChI=1S/C6H10N4O2.ClH/c1-2-10-4(8)3(7)5(11)9-6(10)12;/h2,7-8H2,1H3,(H,9,11,12);1H. The topological polar surface area (TPSA) is 107 Å². The molecule has 0 amide bonds. The molecule has 0 fully saturated rings. The van der Waals surface area contributed by atoms with Crippen LogP contribution < -0.4 is 22.7 Å². The summed E-state index contributed by atoms with van der Waals surface area (Å²) in [5.41, 5.74) is 9.43. The van der Waals surface area contributed by atoms with Crippen molar-refractivity contribution in [3.05, 3.63) is 20.8 Å². The number of hydrogen-bond acceptors (Lipinski definition) is 4. The molecule has 0 atom stereocenters. The second-order valence-electron chi connectivity index (χ2n) is 2.30. The minimum atomic E-state index is -0.637. The largest absolute Gasteiger partial charge is 0.391 e. The summed E-state index contributed by atoms with van der Waals surface area (Å²) in [4.78, 5) is 23.9. The highest BCUT2D eigenvalue weighted by atomic mass is 35.5. The van der Waals surface area contributed by atoms with E-state index in [4.69, 9.17) is 11.5 Å². The molecular weight excluding hydrogens is 196 g/mol. The van der Waals surface area contributed by atoms with Crippen molar-refractivity contribution in [1.82, 2.24) is 9.55 Å². The van der Waals surface area contributed by atoms with Crippen molar-refractivity contribution in [1.29, 1.82) is 0 Å². The smallest absolute Gasteiger partial charge is 0.330 e. The highest BCUT2D eigenvalue weighted by Crippen LogP contribution is 2.03. The fourth-order valence-corrected chi connectivity index (χ4v) is 0.917. The number of rotatable bonds is 1. The Morgan fingerprint density at radius 3 is 2.38 bits per heavy atom. The molecule has 7 heteroatoms. The highest BCUT2D eigenvalue weighted by molar-refractivity contribution is 5.85. The fraction of sp³-hybridized carbons (Fsp3) is 0.333. The summed E-state index contributed by atoms with van der Waals surface area (Å²) in [5.74, 6) is 0.0197. The van der Waals surface area contributed by atoms with E-state index in [0.29, 0.717) is 6.54 Å². The molecule has 0 saturated heterocycles. The number of hydrogen-bond donors (Lipinski definition) is 3. The maximum absolute atomic E-state index is 11.0. The van der Waals surface area contributed by atoms with Gasteiger partial charge in [-0.3, -0.25) is 14.3 Å². The van der Waals surface area contributed by atoms with E-state index in [2.05, 4.69) is 0 Å². The summed E-state index contributed by atoms with van der Waals surface area (Å²) in [6.45, 7) is 2.11. The third kappa shape index (κ3) is 1.83. The Hall–Kier alpha value is -1.43. The van der Waals surface area contributed by atoms with E-state index >= 15 is 0 Å². The second kappa shape index (κ2) is 3.99. The number of aromatic nitrogens is 2. The number of H-pyrrole nitrogens is 1. The van der Waals surface area contributed by atoms with Gasteiger partial charge in [-0.15, -0.1) is 12.4 Å². The number of aromatic amines is 1. The lowest BCUT2D eigenvalue weighted by molar-refractivity contribution is 0.707. The quantitative estimate of drug-likeness (QED) is 0.556. The molecule has 0 spiro atoms. The fourth-order valence-electron chi connectivity index (χ4n) is 0.917. The van der Waals surface area contributed by atoms with Gasteiger partial charge in [0.2, 0.25) is 0 Å². The van der Waals surface area contributed by atoms with Gasteiger partial charge in [0, 0.05) is 6.54 Å². The molecule has 1 aromatic heterocycles. The number of nitrogens with zero attached hydrogens (tertiary/aromatic N) is 1. The lowest BCUT2D eigenvalue weighted by Crippen LogP contribution is -2.33. The van der Waals surface area contributed by atoms with Gasteiger partial charge in [0.1, 0.15) is 11.5 Å². The van der Waals surface area contributed by atoms with Gasteiger partial charge >= 0.3 is 5.69 Å². The van der Waals surface area contributed by atoms with Gasteiger partial charge in [0.05, 0.1) is 0 Å². The number of nitrogens with one attached hydrogen (secondary N) is 1. The van der Waals surface area contributed by atoms with Gasteiger partial charge in [-0.1, -0.05) is 0 Å². The minimum absolute atomic E-state index is 0. The molecule has 1 heterocycles. The zero-order valence-electron chi connectivity index (χ0n) is 7.03. The van der Waals surface area contributed by atoms with Crippen LogP contribution in [-0.4, -0.2) is 9.55 Å². The van der Waals surface area contributed by atoms with Crippen LogP contribution in [-0.2, 0) is 6.54 Å². The lowest BCUT2D eigenvalue weighted by atomic mass is 10.4. The summed E-state index contributed by atoms with van der Waals surface area (Å²) < 4.78 is 1.19. The molecule has 1 rings (SSSR count). The first-order valence-corrected chi connectivity index (χ1v) is 3.46.